The highest BCUT2D eigenvalue weighted by atomic mass is 32.1. The van der Waals surface area contributed by atoms with E-state index in [-0.39, 0.29) is 6.42 Å². The molecule has 0 spiro atoms. The fourth-order valence-corrected chi connectivity index (χ4v) is 1.34. The van der Waals surface area contributed by atoms with Crippen LogP contribution >= 0.6 is 12.2 Å². The van der Waals surface area contributed by atoms with Gasteiger partial charge in [0.1, 0.15) is 0 Å². The van der Waals surface area contributed by atoms with Gasteiger partial charge in [0.05, 0.1) is 6.42 Å². The van der Waals surface area contributed by atoms with E-state index < -0.39 is 5.97 Å². The highest BCUT2D eigenvalue weighted by molar-refractivity contribution is 7.80. The summed E-state index contributed by atoms with van der Waals surface area (Å²) in [5.74, 6) is -0.842. The van der Waals surface area contributed by atoms with Crippen molar-refractivity contribution in [3.8, 4) is 0 Å². The zero-order valence-electron chi connectivity index (χ0n) is 9.46. The largest absolute Gasteiger partial charge is 0.481 e. The molecule has 4 nitrogen and oxygen atoms in total. The molecule has 0 bridgehead atoms. The van der Waals surface area contributed by atoms with Gasteiger partial charge in [0.2, 0.25) is 0 Å². The summed E-state index contributed by atoms with van der Waals surface area (Å²) in [6, 6.07) is 7.50. The van der Waals surface area contributed by atoms with Crippen molar-refractivity contribution < 1.29 is 9.90 Å². The molecule has 0 saturated carbocycles. The van der Waals surface area contributed by atoms with Crippen molar-refractivity contribution in [1.29, 1.82) is 0 Å². The lowest BCUT2D eigenvalue weighted by atomic mass is 10.2. The molecule has 0 fully saturated rings. The van der Waals surface area contributed by atoms with Crippen LogP contribution in [-0.4, -0.2) is 23.2 Å². The average molecular weight is 250 g/mol. The topological polar surface area (TPSA) is 66.6 Å². The maximum absolute atomic E-state index is 10.3. The van der Waals surface area contributed by atoms with Gasteiger partial charge in [-0.15, -0.1) is 0 Å². The number of carboxylic acids is 1. The first-order valence-corrected chi connectivity index (χ1v) is 5.43. The van der Waals surface area contributed by atoms with E-state index in [1.54, 1.807) is 24.1 Å². The molecule has 0 radical (unpaired) electrons. The number of rotatable bonds is 4. The fourth-order valence-electron chi connectivity index (χ4n) is 1.23. The number of nitrogens with two attached hydrogens (primary N) is 1. The van der Waals surface area contributed by atoms with Crippen LogP contribution in [0.4, 0.5) is 5.69 Å². The Balaban J connectivity index is 2.71. The standard InChI is InChI=1S/C12H14N2O2S/c1-14(12(13)17)10-7-5-9(6-8-10)3-2-4-11(15)16/h2-3,5-8H,4H2,1H3,(H2,13,17)(H,15,16)/b3-2+. The maximum Gasteiger partial charge on any atom is 0.307 e. The number of hydrogen-bond acceptors (Lipinski definition) is 2. The van der Waals surface area contributed by atoms with Crippen molar-refractivity contribution in [2.75, 3.05) is 11.9 Å². The van der Waals surface area contributed by atoms with Crippen LogP contribution in [0.25, 0.3) is 6.08 Å². The number of carbonyl (C=O) groups is 1. The normalized spacial score (nSPS) is 10.4. The summed E-state index contributed by atoms with van der Waals surface area (Å²) >= 11 is 4.86. The minimum absolute atomic E-state index is 0.0224. The van der Waals surface area contributed by atoms with Crippen molar-refractivity contribution in [2.24, 2.45) is 5.73 Å². The average Bonchev–Trinajstić information content (AvgIpc) is 2.28. The van der Waals surface area contributed by atoms with Crippen LogP contribution in [0.5, 0.6) is 0 Å². The van der Waals surface area contributed by atoms with Gasteiger partial charge in [0.15, 0.2) is 5.11 Å². The molecule has 5 heteroatoms. The van der Waals surface area contributed by atoms with Gasteiger partial charge in [-0.25, -0.2) is 0 Å². The summed E-state index contributed by atoms with van der Waals surface area (Å²) in [7, 11) is 1.79. The summed E-state index contributed by atoms with van der Waals surface area (Å²) in [5, 5.41) is 8.79. The number of aliphatic carboxylic acids is 1. The Hall–Kier alpha value is -1.88. The lowest BCUT2D eigenvalue weighted by Crippen LogP contribution is -2.31. The molecule has 0 aromatic heterocycles. The number of nitrogens with zero attached hydrogens (tertiary/aromatic N) is 1. The minimum atomic E-state index is -0.842. The van der Waals surface area contributed by atoms with E-state index in [0.717, 1.165) is 11.3 Å². The van der Waals surface area contributed by atoms with E-state index in [1.165, 1.54) is 0 Å². The van der Waals surface area contributed by atoms with Crippen LogP contribution in [-0.2, 0) is 4.79 Å². The van der Waals surface area contributed by atoms with Crippen LogP contribution in [0.1, 0.15) is 12.0 Å². The number of anilines is 1. The Morgan fingerprint density at radius 1 is 1.47 bits per heavy atom. The van der Waals surface area contributed by atoms with Crippen LogP contribution in [0.15, 0.2) is 30.3 Å². The third-order valence-corrected chi connectivity index (χ3v) is 2.49. The highest BCUT2D eigenvalue weighted by Crippen LogP contribution is 2.14. The summed E-state index contributed by atoms with van der Waals surface area (Å²) in [6.45, 7) is 0. The van der Waals surface area contributed by atoms with Crippen molar-refractivity contribution in [3.63, 3.8) is 0 Å². The Kier molecular flexibility index (Phi) is 4.66. The van der Waals surface area contributed by atoms with E-state index in [1.807, 2.05) is 24.3 Å². The molecule has 0 heterocycles. The van der Waals surface area contributed by atoms with Gasteiger partial charge in [-0.1, -0.05) is 24.3 Å². The van der Waals surface area contributed by atoms with Crippen molar-refractivity contribution in [1.82, 2.24) is 0 Å². The summed E-state index contributed by atoms with van der Waals surface area (Å²) < 4.78 is 0. The summed E-state index contributed by atoms with van der Waals surface area (Å²) in [5.41, 5.74) is 7.33. The second-order valence-corrected chi connectivity index (χ2v) is 3.91. The Morgan fingerprint density at radius 3 is 2.53 bits per heavy atom. The SMILES string of the molecule is CN(C(N)=S)c1ccc(/C=C/CC(=O)O)cc1. The Bertz CT molecular complexity index is 440. The van der Waals surface area contributed by atoms with Gasteiger partial charge in [-0.05, 0) is 29.9 Å². The molecule has 1 aromatic rings. The van der Waals surface area contributed by atoms with Crippen LogP contribution in [0, 0.1) is 0 Å². The van der Waals surface area contributed by atoms with E-state index in [0.29, 0.717) is 5.11 Å². The first-order chi connectivity index (χ1) is 8.00. The Labute approximate surface area is 105 Å². The predicted molar refractivity (Wildman–Crippen MR) is 72.9 cm³/mol. The molecule has 0 atom stereocenters. The zero-order valence-corrected chi connectivity index (χ0v) is 10.3. The molecule has 1 aromatic carbocycles. The molecule has 0 amide bonds. The van der Waals surface area contributed by atoms with Gasteiger partial charge in [-0.2, -0.15) is 0 Å². The minimum Gasteiger partial charge on any atom is -0.481 e. The van der Waals surface area contributed by atoms with Gasteiger partial charge >= 0.3 is 5.97 Å². The van der Waals surface area contributed by atoms with Crippen molar-refractivity contribution in [3.05, 3.63) is 35.9 Å². The molecular weight excluding hydrogens is 236 g/mol. The molecule has 90 valence electrons. The lowest BCUT2D eigenvalue weighted by molar-refractivity contribution is -0.135. The zero-order chi connectivity index (χ0) is 12.8. The molecule has 0 saturated heterocycles. The second-order valence-electron chi connectivity index (χ2n) is 3.49. The molecular formula is C12H14N2O2S. The van der Waals surface area contributed by atoms with E-state index >= 15 is 0 Å². The maximum atomic E-state index is 10.3. The van der Waals surface area contributed by atoms with E-state index in [4.69, 9.17) is 23.1 Å². The van der Waals surface area contributed by atoms with Gasteiger partial charge < -0.3 is 15.7 Å². The van der Waals surface area contributed by atoms with E-state index in [9.17, 15) is 4.79 Å². The van der Waals surface area contributed by atoms with Gasteiger partial charge in [-0.3, -0.25) is 4.79 Å². The monoisotopic (exact) mass is 250 g/mol. The number of carboxylic acid groups (broad SMARTS) is 1. The first-order valence-electron chi connectivity index (χ1n) is 5.02. The molecule has 0 aliphatic carbocycles. The summed E-state index contributed by atoms with van der Waals surface area (Å²) in [6.07, 6.45) is 3.39. The van der Waals surface area contributed by atoms with Crippen LogP contribution < -0.4 is 10.6 Å². The lowest BCUT2D eigenvalue weighted by Gasteiger charge is -2.16. The van der Waals surface area contributed by atoms with E-state index in [2.05, 4.69) is 0 Å². The van der Waals surface area contributed by atoms with Gasteiger partial charge in [0.25, 0.3) is 0 Å². The third-order valence-electron chi connectivity index (χ3n) is 2.21. The van der Waals surface area contributed by atoms with Crippen LogP contribution in [0.2, 0.25) is 0 Å². The summed E-state index contributed by atoms with van der Waals surface area (Å²) in [4.78, 5) is 12.0. The third kappa shape index (κ3) is 4.24. The Morgan fingerprint density at radius 2 is 2.06 bits per heavy atom. The quantitative estimate of drug-likeness (QED) is 0.798. The van der Waals surface area contributed by atoms with Crippen molar-refractivity contribution in [2.45, 2.75) is 6.42 Å². The smallest absolute Gasteiger partial charge is 0.307 e. The predicted octanol–water partition coefficient (Wildman–Crippen LogP) is 1.85. The second kappa shape index (κ2) is 6.00. The fraction of sp³-hybridized carbons (Fsp3) is 0.167. The molecule has 0 aliphatic rings. The molecule has 0 aliphatic heterocycles. The number of benzene rings is 1. The van der Waals surface area contributed by atoms with Gasteiger partial charge in [0, 0.05) is 12.7 Å². The molecule has 17 heavy (non-hydrogen) atoms. The molecule has 1 rings (SSSR count). The number of hydrogen-bond donors (Lipinski definition) is 2. The highest BCUT2D eigenvalue weighted by Gasteiger charge is 2.01. The van der Waals surface area contributed by atoms with Crippen LogP contribution in [0.3, 0.4) is 0 Å². The number of thiocarbonyl (C=S) groups is 1. The molecule has 3 N–H and O–H groups in total. The van der Waals surface area contributed by atoms with Crippen molar-refractivity contribution >= 4 is 35.1 Å². The molecule has 0 unspecified atom stereocenters. The first kappa shape index (κ1) is 13.2.